The van der Waals surface area contributed by atoms with Crippen LogP contribution in [0.2, 0.25) is 0 Å². The van der Waals surface area contributed by atoms with E-state index in [0.717, 1.165) is 27.0 Å². The van der Waals surface area contributed by atoms with Gasteiger partial charge in [-0.1, -0.05) is 24.3 Å². The van der Waals surface area contributed by atoms with Gasteiger partial charge < -0.3 is 14.6 Å². The maximum Gasteiger partial charge on any atom is 0.276 e. The van der Waals surface area contributed by atoms with Gasteiger partial charge in [0, 0.05) is 23.3 Å². The van der Waals surface area contributed by atoms with Gasteiger partial charge in [0.1, 0.15) is 18.1 Å². The van der Waals surface area contributed by atoms with Gasteiger partial charge >= 0.3 is 0 Å². The molecule has 0 radical (unpaired) electrons. The second-order valence-corrected chi connectivity index (χ2v) is 7.53. The van der Waals surface area contributed by atoms with Crippen LogP contribution < -0.4 is 15.6 Å². The van der Waals surface area contributed by atoms with E-state index in [9.17, 15) is 14.0 Å². The minimum Gasteiger partial charge on any atom is -0.495 e. The maximum absolute atomic E-state index is 13.2. The molecule has 0 aliphatic carbocycles. The number of hydrogen-bond donors (Lipinski definition) is 1. The van der Waals surface area contributed by atoms with Crippen LogP contribution >= 0.6 is 0 Å². The van der Waals surface area contributed by atoms with Crippen LogP contribution in [0.3, 0.4) is 0 Å². The number of para-hydroxylation sites is 2. The first-order valence-corrected chi connectivity index (χ1v) is 10.1. The number of fused-ring (bicyclic) bond motifs is 1. The van der Waals surface area contributed by atoms with Crippen LogP contribution in [0.25, 0.3) is 10.8 Å². The zero-order valence-electron chi connectivity index (χ0n) is 18.1. The standard InChI is InChI=1S/C24H23FN4O3/c1-15-19-12-26-29(14-22(30)27-20-6-4-5-7-21(20)32-3)24(31)23(19)16(2)28(15)13-17-8-10-18(25)11-9-17/h4-12H,13-14H2,1-3H3,(H,27,30). The second-order valence-electron chi connectivity index (χ2n) is 7.53. The zero-order chi connectivity index (χ0) is 22.8. The molecule has 164 valence electrons. The van der Waals surface area contributed by atoms with E-state index in [-0.39, 0.29) is 23.8 Å². The molecular weight excluding hydrogens is 411 g/mol. The summed E-state index contributed by atoms with van der Waals surface area (Å²) in [5.74, 6) is -0.150. The lowest BCUT2D eigenvalue weighted by molar-refractivity contribution is -0.117. The number of nitrogens with zero attached hydrogens (tertiary/aromatic N) is 3. The Hall–Kier alpha value is -3.94. The normalized spacial score (nSPS) is 11.0. The fraction of sp³-hybridized carbons (Fsp3) is 0.208. The van der Waals surface area contributed by atoms with E-state index in [1.807, 2.05) is 18.4 Å². The topological polar surface area (TPSA) is 78.2 Å². The molecule has 2 aromatic carbocycles. The number of carbonyl (C=O) groups is 1. The Balaban J connectivity index is 1.63. The van der Waals surface area contributed by atoms with Crippen molar-refractivity contribution in [2.45, 2.75) is 26.9 Å². The first-order valence-electron chi connectivity index (χ1n) is 10.1. The van der Waals surface area contributed by atoms with Crippen molar-refractivity contribution in [2.75, 3.05) is 12.4 Å². The Bertz CT molecular complexity index is 1360. The number of nitrogens with one attached hydrogen (secondary N) is 1. The summed E-state index contributed by atoms with van der Waals surface area (Å²) in [4.78, 5) is 25.7. The molecule has 0 unspecified atom stereocenters. The lowest BCUT2D eigenvalue weighted by Gasteiger charge is -2.10. The molecule has 1 N–H and O–H groups in total. The maximum atomic E-state index is 13.2. The third-order valence-corrected chi connectivity index (χ3v) is 5.53. The highest BCUT2D eigenvalue weighted by molar-refractivity contribution is 5.92. The van der Waals surface area contributed by atoms with Crippen LogP contribution in [-0.2, 0) is 17.9 Å². The van der Waals surface area contributed by atoms with Crippen molar-refractivity contribution in [3.8, 4) is 5.75 Å². The predicted octanol–water partition coefficient (Wildman–Crippen LogP) is 3.65. The van der Waals surface area contributed by atoms with E-state index in [1.54, 1.807) is 42.6 Å². The molecule has 7 nitrogen and oxygen atoms in total. The number of aryl methyl sites for hydroxylation is 2. The molecule has 0 aliphatic heterocycles. The zero-order valence-corrected chi connectivity index (χ0v) is 18.1. The number of rotatable bonds is 6. The number of methoxy groups -OCH3 is 1. The van der Waals surface area contributed by atoms with Crippen molar-refractivity contribution in [3.63, 3.8) is 0 Å². The molecule has 2 heterocycles. The van der Waals surface area contributed by atoms with Crippen molar-refractivity contribution in [1.82, 2.24) is 14.3 Å². The molecule has 0 spiro atoms. The van der Waals surface area contributed by atoms with E-state index in [4.69, 9.17) is 4.74 Å². The van der Waals surface area contributed by atoms with E-state index < -0.39 is 0 Å². The van der Waals surface area contributed by atoms with Gasteiger partial charge in [-0.3, -0.25) is 9.59 Å². The van der Waals surface area contributed by atoms with Crippen molar-refractivity contribution in [1.29, 1.82) is 0 Å². The molecule has 0 aliphatic rings. The van der Waals surface area contributed by atoms with Crippen LogP contribution in [0, 0.1) is 19.7 Å². The SMILES string of the molecule is COc1ccccc1NC(=O)Cn1ncc2c(C)n(Cc3ccc(F)cc3)c(C)c2c1=O. The Morgan fingerprint density at radius 2 is 1.81 bits per heavy atom. The highest BCUT2D eigenvalue weighted by atomic mass is 19.1. The molecule has 32 heavy (non-hydrogen) atoms. The van der Waals surface area contributed by atoms with Gasteiger partial charge in [0.15, 0.2) is 0 Å². The summed E-state index contributed by atoms with van der Waals surface area (Å²) in [7, 11) is 1.52. The van der Waals surface area contributed by atoms with Crippen molar-refractivity contribution in [2.24, 2.45) is 0 Å². The number of carbonyl (C=O) groups excluding carboxylic acids is 1. The van der Waals surface area contributed by atoms with Crippen molar-refractivity contribution in [3.05, 3.63) is 87.9 Å². The second kappa shape index (κ2) is 8.66. The molecule has 4 rings (SSSR count). The van der Waals surface area contributed by atoms with Gasteiger partial charge in [0.05, 0.1) is 24.4 Å². The summed E-state index contributed by atoms with van der Waals surface area (Å²) in [6, 6.07) is 13.3. The number of ether oxygens (including phenoxy) is 1. The summed E-state index contributed by atoms with van der Waals surface area (Å²) < 4.78 is 21.6. The summed E-state index contributed by atoms with van der Waals surface area (Å²) in [5.41, 5.74) is 2.76. The van der Waals surface area contributed by atoms with Gasteiger partial charge in [-0.25, -0.2) is 9.07 Å². The van der Waals surface area contributed by atoms with Gasteiger partial charge in [-0.05, 0) is 43.7 Å². The fourth-order valence-corrected chi connectivity index (χ4v) is 3.84. The third kappa shape index (κ3) is 3.99. The Morgan fingerprint density at radius 3 is 2.53 bits per heavy atom. The average Bonchev–Trinajstić information content (AvgIpc) is 3.02. The molecule has 1 amide bonds. The summed E-state index contributed by atoms with van der Waals surface area (Å²) >= 11 is 0. The lowest BCUT2D eigenvalue weighted by Crippen LogP contribution is -2.29. The number of anilines is 1. The van der Waals surface area contributed by atoms with Crippen molar-refractivity contribution < 1.29 is 13.9 Å². The predicted molar refractivity (Wildman–Crippen MR) is 121 cm³/mol. The Labute approximate surface area is 184 Å². The van der Waals surface area contributed by atoms with Crippen LogP contribution in [0.1, 0.15) is 17.0 Å². The quantitative estimate of drug-likeness (QED) is 0.503. The van der Waals surface area contributed by atoms with E-state index >= 15 is 0 Å². The molecule has 8 heteroatoms. The largest absolute Gasteiger partial charge is 0.495 e. The summed E-state index contributed by atoms with van der Waals surface area (Å²) in [5, 5.41) is 8.22. The monoisotopic (exact) mass is 434 g/mol. The van der Waals surface area contributed by atoms with Gasteiger partial charge in [0.2, 0.25) is 5.91 Å². The molecule has 0 atom stereocenters. The van der Waals surface area contributed by atoms with Crippen molar-refractivity contribution >= 4 is 22.4 Å². The molecule has 0 saturated carbocycles. The van der Waals surface area contributed by atoms with Crippen LogP contribution in [0.5, 0.6) is 5.75 Å². The number of benzene rings is 2. The Morgan fingerprint density at radius 1 is 1.09 bits per heavy atom. The summed E-state index contributed by atoms with van der Waals surface area (Å²) in [6.07, 6.45) is 1.61. The molecule has 0 saturated heterocycles. The van der Waals surface area contributed by atoms with E-state index in [1.165, 1.54) is 19.2 Å². The minimum absolute atomic E-state index is 0.228. The number of halogens is 1. The average molecular weight is 434 g/mol. The minimum atomic E-state index is -0.386. The lowest BCUT2D eigenvalue weighted by atomic mass is 10.2. The number of amides is 1. The van der Waals surface area contributed by atoms with Crippen LogP contribution in [0.4, 0.5) is 10.1 Å². The molecular formula is C24H23FN4O3. The third-order valence-electron chi connectivity index (χ3n) is 5.53. The molecule has 0 bridgehead atoms. The molecule has 4 aromatic rings. The van der Waals surface area contributed by atoms with Crippen LogP contribution in [0.15, 0.2) is 59.5 Å². The van der Waals surface area contributed by atoms with Gasteiger partial charge in [-0.2, -0.15) is 5.10 Å². The smallest absolute Gasteiger partial charge is 0.276 e. The summed E-state index contributed by atoms with van der Waals surface area (Å²) in [6.45, 7) is 4.05. The Kier molecular flexibility index (Phi) is 5.77. The first kappa shape index (κ1) is 21.3. The van der Waals surface area contributed by atoms with Gasteiger partial charge in [0.25, 0.3) is 5.56 Å². The first-order chi connectivity index (χ1) is 15.4. The highest BCUT2D eigenvalue weighted by Crippen LogP contribution is 2.24. The highest BCUT2D eigenvalue weighted by Gasteiger charge is 2.18. The van der Waals surface area contributed by atoms with Gasteiger partial charge in [-0.15, -0.1) is 0 Å². The molecule has 0 fully saturated rings. The van der Waals surface area contributed by atoms with E-state index in [0.29, 0.717) is 23.4 Å². The number of aromatic nitrogens is 3. The van der Waals surface area contributed by atoms with E-state index in [2.05, 4.69) is 10.4 Å². The van der Waals surface area contributed by atoms with Crippen LogP contribution in [-0.4, -0.2) is 27.4 Å². The number of hydrogen-bond acceptors (Lipinski definition) is 4. The fourth-order valence-electron chi connectivity index (χ4n) is 3.84. The molecule has 2 aromatic heterocycles.